The van der Waals surface area contributed by atoms with Crippen molar-refractivity contribution in [3.63, 3.8) is 0 Å². The Morgan fingerprint density at radius 1 is 1.39 bits per heavy atom. The molecule has 0 heterocycles. The summed E-state index contributed by atoms with van der Waals surface area (Å²) in [5.74, 6) is -1.56. The van der Waals surface area contributed by atoms with Gasteiger partial charge in [0.05, 0.1) is 10.7 Å². The monoisotopic (exact) mass is 331 g/mol. The van der Waals surface area contributed by atoms with Crippen molar-refractivity contribution in [2.75, 3.05) is 5.32 Å². The summed E-state index contributed by atoms with van der Waals surface area (Å²) in [6.45, 7) is 0. The summed E-state index contributed by atoms with van der Waals surface area (Å²) < 4.78 is 0.794. The molecular formula is C12H11BrClNO3. The Morgan fingerprint density at radius 2 is 2.06 bits per heavy atom. The summed E-state index contributed by atoms with van der Waals surface area (Å²) >= 11 is 9.23. The topological polar surface area (TPSA) is 66.4 Å². The summed E-state index contributed by atoms with van der Waals surface area (Å²) in [5.41, 5.74) is -0.853. The van der Waals surface area contributed by atoms with E-state index in [2.05, 4.69) is 21.2 Å². The first-order valence-corrected chi connectivity index (χ1v) is 6.63. The van der Waals surface area contributed by atoms with Crippen LogP contribution in [0.5, 0.6) is 0 Å². The Labute approximate surface area is 117 Å². The van der Waals surface area contributed by atoms with Crippen molar-refractivity contribution in [1.29, 1.82) is 0 Å². The largest absolute Gasteiger partial charge is 0.480 e. The highest BCUT2D eigenvalue weighted by atomic mass is 79.9. The second-order valence-corrected chi connectivity index (χ2v) is 5.64. The van der Waals surface area contributed by atoms with Gasteiger partial charge in [-0.3, -0.25) is 9.59 Å². The molecule has 0 spiro atoms. The molecule has 18 heavy (non-hydrogen) atoms. The first-order chi connectivity index (χ1) is 8.45. The van der Waals surface area contributed by atoms with Crippen molar-refractivity contribution in [3.05, 3.63) is 27.7 Å². The zero-order valence-corrected chi connectivity index (χ0v) is 11.7. The zero-order chi connectivity index (χ0) is 13.3. The minimum Gasteiger partial charge on any atom is -0.480 e. The van der Waals surface area contributed by atoms with Gasteiger partial charge in [-0.25, -0.2) is 0 Å². The quantitative estimate of drug-likeness (QED) is 0.835. The number of rotatable bonds is 3. The van der Waals surface area contributed by atoms with Gasteiger partial charge in [0.25, 0.3) is 0 Å². The second-order valence-electron chi connectivity index (χ2n) is 4.32. The van der Waals surface area contributed by atoms with Crippen LogP contribution in [0.25, 0.3) is 0 Å². The summed E-state index contributed by atoms with van der Waals surface area (Å²) in [6.07, 6.45) is 1.51. The van der Waals surface area contributed by atoms with E-state index in [0.717, 1.165) is 10.9 Å². The lowest BCUT2D eigenvalue weighted by Gasteiger charge is -2.35. The van der Waals surface area contributed by atoms with E-state index in [1.807, 2.05) is 0 Å². The Kier molecular flexibility index (Phi) is 3.64. The van der Waals surface area contributed by atoms with Gasteiger partial charge in [0.15, 0.2) is 0 Å². The number of amides is 1. The van der Waals surface area contributed by atoms with Crippen LogP contribution in [0.2, 0.25) is 5.02 Å². The third-order valence-electron chi connectivity index (χ3n) is 3.23. The maximum Gasteiger partial charge on any atom is 0.319 e. The standard InChI is InChI=1S/C12H11BrClNO3/c13-7-2-3-9(8(14)6-7)15-10(16)12(11(17)18)4-1-5-12/h2-3,6H,1,4-5H2,(H,15,16)(H,17,18). The smallest absolute Gasteiger partial charge is 0.319 e. The number of hydrogen-bond donors (Lipinski definition) is 2. The highest BCUT2D eigenvalue weighted by Crippen LogP contribution is 2.42. The molecule has 1 aromatic rings. The number of benzene rings is 1. The zero-order valence-electron chi connectivity index (χ0n) is 9.37. The molecule has 2 N–H and O–H groups in total. The molecule has 2 rings (SSSR count). The van der Waals surface area contributed by atoms with Crippen LogP contribution in [0.1, 0.15) is 19.3 Å². The van der Waals surface area contributed by atoms with Crippen molar-refractivity contribution >= 4 is 45.1 Å². The van der Waals surface area contributed by atoms with E-state index < -0.39 is 17.3 Å². The fraction of sp³-hybridized carbons (Fsp3) is 0.333. The molecule has 0 unspecified atom stereocenters. The van der Waals surface area contributed by atoms with Gasteiger partial charge in [-0.05, 0) is 31.0 Å². The van der Waals surface area contributed by atoms with Gasteiger partial charge < -0.3 is 10.4 Å². The highest BCUT2D eigenvalue weighted by molar-refractivity contribution is 9.10. The lowest BCUT2D eigenvalue weighted by molar-refractivity contribution is -0.159. The maximum absolute atomic E-state index is 12.0. The summed E-state index contributed by atoms with van der Waals surface area (Å²) in [4.78, 5) is 23.2. The van der Waals surface area contributed by atoms with E-state index in [9.17, 15) is 9.59 Å². The van der Waals surface area contributed by atoms with Gasteiger partial charge in [0.1, 0.15) is 5.41 Å². The molecule has 1 amide bonds. The van der Waals surface area contributed by atoms with Crippen LogP contribution in [0.4, 0.5) is 5.69 Å². The Balaban J connectivity index is 2.19. The van der Waals surface area contributed by atoms with E-state index >= 15 is 0 Å². The summed E-state index contributed by atoms with van der Waals surface area (Å²) in [7, 11) is 0. The lowest BCUT2D eigenvalue weighted by atomic mass is 9.68. The van der Waals surface area contributed by atoms with Crippen molar-refractivity contribution in [3.8, 4) is 0 Å². The number of carboxylic acid groups (broad SMARTS) is 1. The van der Waals surface area contributed by atoms with E-state index in [0.29, 0.717) is 23.6 Å². The molecule has 1 fully saturated rings. The second kappa shape index (κ2) is 4.90. The average Bonchev–Trinajstić information content (AvgIpc) is 2.19. The van der Waals surface area contributed by atoms with Crippen molar-refractivity contribution < 1.29 is 14.7 Å². The van der Waals surface area contributed by atoms with Crippen LogP contribution in [-0.2, 0) is 9.59 Å². The number of carboxylic acids is 1. The normalized spacial score (nSPS) is 16.8. The molecular weight excluding hydrogens is 321 g/mol. The molecule has 4 nitrogen and oxygen atoms in total. The maximum atomic E-state index is 12.0. The number of halogens is 2. The van der Waals surface area contributed by atoms with Gasteiger partial charge in [-0.2, -0.15) is 0 Å². The molecule has 6 heteroatoms. The third-order valence-corrected chi connectivity index (χ3v) is 4.04. The van der Waals surface area contributed by atoms with Crippen LogP contribution < -0.4 is 5.32 Å². The van der Waals surface area contributed by atoms with Crippen molar-refractivity contribution in [1.82, 2.24) is 0 Å². The Hall–Kier alpha value is -1.07. The number of aliphatic carboxylic acids is 1. The predicted molar refractivity (Wildman–Crippen MR) is 71.7 cm³/mol. The molecule has 1 aromatic carbocycles. The van der Waals surface area contributed by atoms with Gasteiger partial charge >= 0.3 is 5.97 Å². The fourth-order valence-corrected chi connectivity index (χ4v) is 2.62. The highest BCUT2D eigenvalue weighted by Gasteiger charge is 2.51. The van der Waals surface area contributed by atoms with Gasteiger partial charge in [0, 0.05) is 4.47 Å². The Morgan fingerprint density at radius 3 is 2.50 bits per heavy atom. The van der Waals surface area contributed by atoms with Gasteiger partial charge in [-0.15, -0.1) is 0 Å². The van der Waals surface area contributed by atoms with E-state index in [-0.39, 0.29) is 0 Å². The molecule has 1 aliphatic rings. The van der Waals surface area contributed by atoms with E-state index in [1.54, 1.807) is 18.2 Å². The summed E-state index contributed by atoms with van der Waals surface area (Å²) in [5, 5.41) is 12.1. The molecule has 0 aliphatic heterocycles. The van der Waals surface area contributed by atoms with Crippen LogP contribution in [0.3, 0.4) is 0 Å². The number of carbonyl (C=O) groups is 2. The molecule has 0 aromatic heterocycles. The molecule has 96 valence electrons. The molecule has 0 radical (unpaired) electrons. The Bertz CT molecular complexity index is 514. The predicted octanol–water partition coefficient (Wildman–Crippen LogP) is 3.30. The minimum atomic E-state index is -1.28. The van der Waals surface area contributed by atoms with Crippen LogP contribution in [-0.4, -0.2) is 17.0 Å². The molecule has 1 saturated carbocycles. The van der Waals surface area contributed by atoms with Gasteiger partial charge in [0.2, 0.25) is 5.91 Å². The van der Waals surface area contributed by atoms with E-state index in [1.165, 1.54) is 0 Å². The number of nitrogens with one attached hydrogen (secondary N) is 1. The minimum absolute atomic E-state index is 0.373. The van der Waals surface area contributed by atoms with Crippen LogP contribution in [0, 0.1) is 5.41 Å². The average molecular weight is 333 g/mol. The fourth-order valence-electron chi connectivity index (χ4n) is 1.90. The van der Waals surface area contributed by atoms with Crippen molar-refractivity contribution in [2.24, 2.45) is 5.41 Å². The molecule has 0 atom stereocenters. The molecule has 1 aliphatic carbocycles. The SMILES string of the molecule is O=C(O)C1(C(=O)Nc2ccc(Br)cc2Cl)CCC1. The van der Waals surface area contributed by atoms with Crippen LogP contribution >= 0.6 is 27.5 Å². The molecule has 0 bridgehead atoms. The number of hydrogen-bond acceptors (Lipinski definition) is 2. The van der Waals surface area contributed by atoms with E-state index in [4.69, 9.17) is 16.7 Å². The first kappa shape index (κ1) is 13.4. The molecule has 0 saturated heterocycles. The summed E-state index contributed by atoms with van der Waals surface area (Å²) in [6, 6.07) is 5.01. The van der Waals surface area contributed by atoms with Crippen LogP contribution in [0.15, 0.2) is 22.7 Å². The van der Waals surface area contributed by atoms with Gasteiger partial charge in [-0.1, -0.05) is 34.0 Å². The first-order valence-electron chi connectivity index (χ1n) is 5.45. The van der Waals surface area contributed by atoms with Crippen molar-refractivity contribution in [2.45, 2.75) is 19.3 Å². The lowest BCUT2D eigenvalue weighted by Crippen LogP contribution is -2.48. The number of carbonyl (C=O) groups excluding carboxylic acids is 1. The third kappa shape index (κ3) is 2.24. The number of anilines is 1.